The van der Waals surface area contributed by atoms with Gasteiger partial charge in [0, 0.05) is 11.5 Å². The summed E-state index contributed by atoms with van der Waals surface area (Å²) in [6.45, 7) is 4.58. The number of anilines is 1. The second-order valence-corrected chi connectivity index (χ2v) is 14.2. The summed E-state index contributed by atoms with van der Waals surface area (Å²) in [6, 6.07) is 0. The highest BCUT2D eigenvalue weighted by Crippen LogP contribution is 2.28. The van der Waals surface area contributed by atoms with Gasteiger partial charge in [0.2, 0.25) is 0 Å². The molecule has 0 aliphatic heterocycles. The molecule has 2 heterocycles. The van der Waals surface area contributed by atoms with Crippen LogP contribution in [0.25, 0.3) is 11.2 Å². The van der Waals surface area contributed by atoms with Gasteiger partial charge in [0.15, 0.2) is 17.3 Å². The summed E-state index contributed by atoms with van der Waals surface area (Å²) in [4.78, 5) is 12.4. The van der Waals surface area contributed by atoms with Crippen molar-refractivity contribution in [2.45, 2.75) is 135 Å². The highest BCUT2D eigenvalue weighted by Gasteiger charge is 2.20. The molecule has 222 valence electrons. The van der Waals surface area contributed by atoms with Gasteiger partial charge < -0.3 is 15.0 Å². The predicted molar refractivity (Wildman–Crippen MR) is 167 cm³/mol. The maximum Gasteiger partial charge on any atom is 0.345 e. The Balaban J connectivity index is 1.43. The van der Waals surface area contributed by atoms with E-state index in [1.165, 1.54) is 102 Å². The van der Waals surface area contributed by atoms with Crippen molar-refractivity contribution in [3.05, 3.63) is 12.7 Å². The molecule has 0 aliphatic carbocycles. The van der Waals surface area contributed by atoms with E-state index in [1.54, 1.807) is 6.33 Å². The van der Waals surface area contributed by atoms with Crippen LogP contribution >= 0.6 is 29.3 Å². The third-order valence-electron chi connectivity index (χ3n) is 6.85. The number of nitrogen functional groups attached to an aromatic ring is 1. The lowest BCUT2D eigenvalue weighted by Crippen LogP contribution is -2.21. The summed E-state index contributed by atoms with van der Waals surface area (Å²) in [7, 11) is 1.10. The second kappa shape index (κ2) is 21.6. The van der Waals surface area contributed by atoms with Gasteiger partial charge in [-0.15, -0.1) is 0 Å². The van der Waals surface area contributed by atoms with Gasteiger partial charge >= 0.3 is 7.68 Å². The van der Waals surface area contributed by atoms with Crippen molar-refractivity contribution in [2.24, 2.45) is 0 Å². The number of unbranched alkanes of at least 4 members (excludes halogenated alkanes) is 13. The average Bonchev–Trinajstić information content (AvgIpc) is 3.33. The Hall–Kier alpha value is -1.09. The third kappa shape index (κ3) is 14.9. The topological polar surface area (TPSA) is 113 Å². The number of hydrogen-bond donors (Lipinski definition) is 1. The molecule has 0 saturated carbocycles. The molecule has 2 N–H and O–H groups in total. The zero-order valence-corrected chi connectivity index (χ0v) is 26.6. The lowest BCUT2D eigenvalue weighted by Gasteiger charge is -2.18. The standard InChI is InChI=1S/C28H50N5O3PS2/c1-3-4-5-6-7-8-9-10-11-12-13-14-15-16-19-38-39-20-17-18-25(37(34)35)36-24(2)21-33-23-32-26-27(29)30-22-31-28(26)33/h22-25H,3-21H2,1-2H3,(H2,29,30,31). The van der Waals surface area contributed by atoms with E-state index in [4.69, 9.17) is 10.5 Å². The minimum atomic E-state index is -2.65. The van der Waals surface area contributed by atoms with E-state index in [2.05, 4.69) is 21.9 Å². The van der Waals surface area contributed by atoms with Crippen LogP contribution < -0.4 is 5.73 Å². The molecule has 2 rings (SSSR count). The maximum absolute atomic E-state index is 11.8. The Morgan fingerprint density at radius 1 is 0.846 bits per heavy atom. The van der Waals surface area contributed by atoms with E-state index in [9.17, 15) is 9.13 Å². The van der Waals surface area contributed by atoms with Crippen LogP contribution in [0.5, 0.6) is 0 Å². The second-order valence-electron chi connectivity index (χ2n) is 10.4. The molecule has 0 aliphatic rings. The van der Waals surface area contributed by atoms with Crippen LogP contribution in [0.3, 0.4) is 0 Å². The average molecular weight is 600 g/mol. The van der Waals surface area contributed by atoms with Gasteiger partial charge in [-0.25, -0.2) is 24.1 Å². The Bertz CT molecular complexity index is 968. The van der Waals surface area contributed by atoms with Crippen molar-refractivity contribution in [3.63, 3.8) is 0 Å². The van der Waals surface area contributed by atoms with Crippen molar-refractivity contribution in [1.29, 1.82) is 0 Å². The molecule has 0 aromatic carbocycles. The van der Waals surface area contributed by atoms with Gasteiger partial charge in [-0.05, 0) is 26.2 Å². The summed E-state index contributed by atoms with van der Waals surface area (Å²) < 4.78 is 31.2. The van der Waals surface area contributed by atoms with E-state index in [0.29, 0.717) is 29.9 Å². The molecule has 11 heteroatoms. The summed E-state index contributed by atoms with van der Waals surface area (Å²) in [5, 5.41) is 0. The van der Waals surface area contributed by atoms with E-state index in [-0.39, 0.29) is 6.10 Å². The van der Waals surface area contributed by atoms with E-state index in [1.807, 2.05) is 33.1 Å². The van der Waals surface area contributed by atoms with Crippen molar-refractivity contribution >= 4 is 46.2 Å². The van der Waals surface area contributed by atoms with Crippen molar-refractivity contribution < 1.29 is 13.9 Å². The van der Waals surface area contributed by atoms with Crippen molar-refractivity contribution in [1.82, 2.24) is 19.5 Å². The minimum absolute atomic E-state index is 0.307. The molecule has 0 bridgehead atoms. The van der Waals surface area contributed by atoms with Crippen LogP contribution in [-0.2, 0) is 20.4 Å². The van der Waals surface area contributed by atoms with Crippen molar-refractivity contribution in [2.75, 3.05) is 17.2 Å². The molecule has 0 fully saturated rings. The van der Waals surface area contributed by atoms with Gasteiger partial charge in [0.25, 0.3) is 0 Å². The molecule has 39 heavy (non-hydrogen) atoms. The fraction of sp³-hybridized carbons (Fsp3) is 0.821. The van der Waals surface area contributed by atoms with Gasteiger partial charge in [-0.1, -0.05) is 112 Å². The quantitative estimate of drug-likeness (QED) is 0.0678. The first-order chi connectivity index (χ1) is 19.0. The van der Waals surface area contributed by atoms with Crippen LogP contribution in [0.4, 0.5) is 5.82 Å². The summed E-state index contributed by atoms with van der Waals surface area (Å²) >= 11 is 0. The molecule has 2 aromatic rings. The van der Waals surface area contributed by atoms with Crippen molar-refractivity contribution in [3.8, 4) is 0 Å². The number of aromatic nitrogens is 4. The summed E-state index contributed by atoms with van der Waals surface area (Å²) in [6.07, 6.45) is 23.4. The SMILES string of the molecule is CCCCCCCCCCCCCCCCSSCCCC(OC(C)Cn1cnc2c(N)ncnc21)P(=O)=O. The molecule has 2 aromatic heterocycles. The normalized spacial score (nSPS) is 13.2. The van der Waals surface area contributed by atoms with Crippen LogP contribution in [0.1, 0.15) is 117 Å². The Kier molecular flexibility index (Phi) is 18.9. The minimum Gasteiger partial charge on any atom is -0.382 e. The first kappa shape index (κ1) is 34.1. The zero-order chi connectivity index (χ0) is 28.1. The summed E-state index contributed by atoms with van der Waals surface area (Å²) in [5.74, 6) is 1.65. The number of rotatable bonds is 25. The van der Waals surface area contributed by atoms with Gasteiger partial charge in [-0.3, -0.25) is 0 Å². The lowest BCUT2D eigenvalue weighted by atomic mass is 10.0. The number of hydrogen-bond acceptors (Lipinski definition) is 9. The van der Waals surface area contributed by atoms with Gasteiger partial charge in [0.05, 0.1) is 19.0 Å². The fourth-order valence-corrected chi connectivity index (χ4v) is 7.59. The maximum atomic E-state index is 11.8. The number of nitrogens with two attached hydrogens (primary N) is 1. The van der Waals surface area contributed by atoms with Crippen LogP contribution in [0, 0.1) is 0 Å². The molecular formula is C28H50N5O3PS2. The fourth-order valence-electron chi connectivity index (χ4n) is 4.63. The highest BCUT2D eigenvalue weighted by molar-refractivity contribution is 8.76. The molecule has 0 spiro atoms. The summed E-state index contributed by atoms with van der Waals surface area (Å²) in [5.41, 5.74) is 7.00. The molecule has 8 nitrogen and oxygen atoms in total. The number of imidazole rings is 1. The van der Waals surface area contributed by atoms with Gasteiger partial charge in [-0.2, -0.15) is 0 Å². The zero-order valence-electron chi connectivity index (χ0n) is 24.1. The Morgan fingerprint density at radius 3 is 2.00 bits per heavy atom. The Morgan fingerprint density at radius 2 is 1.41 bits per heavy atom. The highest BCUT2D eigenvalue weighted by atomic mass is 33.1. The molecule has 2 atom stereocenters. The molecule has 2 unspecified atom stereocenters. The number of nitrogens with zero attached hydrogens (tertiary/aromatic N) is 4. The van der Waals surface area contributed by atoms with Crippen LogP contribution in [0.15, 0.2) is 12.7 Å². The largest absolute Gasteiger partial charge is 0.382 e. The smallest absolute Gasteiger partial charge is 0.345 e. The van der Waals surface area contributed by atoms with Gasteiger partial charge in [0.1, 0.15) is 11.8 Å². The molecular weight excluding hydrogens is 549 g/mol. The van der Waals surface area contributed by atoms with E-state index < -0.39 is 13.5 Å². The molecule has 0 radical (unpaired) electrons. The number of fused-ring (bicyclic) bond motifs is 1. The third-order valence-corrected chi connectivity index (χ3v) is 10.3. The molecule has 0 saturated heterocycles. The first-order valence-electron chi connectivity index (χ1n) is 15.0. The van der Waals surface area contributed by atoms with Crippen LogP contribution in [-0.4, -0.2) is 43.0 Å². The molecule has 0 amide bonds. The lowest BCUT2D eigenvalue weighted by molar-refractivity contribution is 0.0271. The first-order valence-corrected chi connectivity index (χ1v) is 18.7. The monoisotopic (exact) mass is 599 g/mol. The van der Waals surface area contributed by atoms with E-state index >= 15 is 0 Å². The van der Waals surface area contributed by atoms with Crippen LogP contribution in [0.2, 0.25) is 0 Å². The Labute approximate surface area is 244 Å². The number of ether oxygens (including phenoxy) is 1. The predicted octanol–water partition coefficient (Wildman–Crippen LogP) is 8.96. The van der Waals surface area contributed by atoms with E-state index in [0.717, 1.165) is 12.2 Å².